The van der Waals surface area contributed by atoms with E-state index in [1.54, 1.807) is 11.3 Å². The topological polar surface area (TPSA) is 12.0 Å². The van der Waals surface area contributed by atoms with Crippen LogP contribution in [0.4, 0.5) is 0 Å². The Morgan fingerprint density at radius 1 is 1.21 bits per heavy atom. The molecular formula is C16H20BrNS. The van der Waals surface area contributed by atoms with Gasteiger partial charge < -0.3 is 5.32 Å². The van der Waals surface area contributed by atoms with Crippen molar-refractivity contribution < 1.29 is 0 Å². The number of rotatable bonds is 4. The molecule has 0 aliphatic heterocycles. The minimum absolute atomic E-state index is 0.286. The van der Waals surface area contributed by atoms with Gasteiger partial charge in [0, 0.05) is 4.88 Å². The Labute approximate surface area is 128 Å². The monoisotopic (exact) mass is 337 g/mol. The van der Waals surface area contributed by atoms with Crippen molar-refractivity contribution in [3.05, 3.63) is 55.2 Å². The van der Waals surface area contributed by atoms with E-state index in [4.69, 9.17) is 0 Å². The van der Waals surface area contributed by atoms with Gasteiger partial charge in [0.05, 0.1) is 9.83 Å². The molecule has 1 atom stereocenters. The summed E-state index contributed by atoms with van der Waals surface area (Å²) in [5.41, 5.74) is 5.51. The van der Waals surface area contributed by atoms with Crippen molar-refractivity contribution in [3.8, 4) is 0 Å². The summed E-state index contributed by atoms with van der Waals surface area (Å²) >= 11 is 5.41. The first-order chi connectivity index (χ1) is 9.04. The SMILES string of the molecule is CCNC(c1cc(Br)sc1C)c1c(C)cccc1C. The smallest absolute Gasteiger partial charge is 0.0704 e. The number of benzene rings is 1. The van der Waals surface area contributed by atoms with E-state index in [9.17, 15) is 0 Å². The van der Waals surface area contributed by atoms with E-state index in [2.05, 4.69) is 73.2 Å². The van der Waals surface area contributed by atoms with Crippen LogP contribution in [0.25, 0.3) is 0 Å². The van der Waals surface area contributed by atoms with E-state index in [0.717, 1.165) is 6.54 Å². The van der Waals surface area contributed by atoms with Crippen molar-refractivity contribution in [2.45, 2.75) is 33.7 Å². The first-order valence-corrected chi connectivity index (χ1v) is 8.20. The van der Waals surface area contributed by atoms with Gasteiger partial charge in [0.25, 0.3) is 0 Å². The van der Waals surface area contributed by atoms with Gasteiger partial charge in [-0.2, -0.15) is 0 Å². The third-order valence-corrected chi connectivity index (χ3v) is 5.05. The third-order valence-electron chi connectivity index (χ3n) is 3.48. The van der Waals surface area contributed by atoms with Crippen LogP contribution in [0.5, 0.6) is 0 Å². The highest BCUT2D eigenvalue weighted by molar-refractivity contribution is 9.11. The number of halogens is 1. The van der Waals surface area contributed by atoms with Gasteiger partial charge in [-0.3, -0.25) is 0 Å². The van der Waals surface area contributed by atoms with Gasteiger partial charge in [-0.15, -0.1) is 11.3 Å². The first-order valence-electron chi connectivity index (χ1n) is 6.60. The molecule has 0 radical (unpaired) electrons. The van der Waals surface area contributed by atoms with Gasteiger partial charge in [-0.25, -0.2) is 0 Å². The minimum Gasteiger partial charge on any atom is -0.306 e. The second-order valence-corrected chi connectivity index (χ2v) is 7.49. The van der Waals surface area contributed by atoms with Crippen molar-refractivity contribution in [1.82, 2.24) is 5.32 Å². The molecule has 2 rings (SSSR count). The highest BCUT2D eigenvalue weighted by atomic mass is 79.9. The predicted octanol–water partition coefficient (Wildman–Crippen LogP) is 5.13. The van der Waals surface area contributed by atoms with Gasteiger partial charge >= 0.3 is 0 Å². The van der Waals surface area contributed by atoms with E-state index in [0.29, 0.717) is 0 Å². The largest absolute Gasteiger partial charge is 0.306 e. The van der Waals surface area contributed by atoms with E-state index >= 15 is 0 Å². The van der Waals surface area contributed by atoms with Crippen molar-refractivity contribution in [1.29, 1.82) is 0 Å². The summed E-state index contributed by atoms with van der Waals surface area (Å²) in [5.74, 6) is 0. The summed E-state index contributed by atoms with van der Waals surface area (Å²) in [6, 6.07) is 9.06. The van der Waals surface area contributed by atoms with Crippen molar-refractivity contribution in [3.63, 3.8) is 0 Å². The molecule has 1 nitrogen and oxygen atoms in total. The molecule has 0 fully saturated rings. The molecule has 1 unspecified atom stereocenters. The van der Waals surface area contributed by atoms with Crippen LogP contribution >= 0.6 is 27.3 Å². The van der Waals surface area contributed by atoms with Crippen LogP contribution in [-0.4, -0.2) is 6.54 Å². The zero-order valence-electron chi connectivity index (χ0n) is 11.9. The maximum absolute atomic E-state index is 3.64. The molecule has 1 aromatic heterocycles. The Bertz CT molecular complexity index is 554. The third kappa shape index (κ3) is 3.10. The fourth-order valence-corrected chi connectivity index (χ4v) is 4.35. The fourth-order valence-electron chi connectivity index (χ4n) is 2.60. The van der Waals surface area contributed by atoms with Crippen LogP contribution in [0, 0.1) is 20.8 Å². The number of thiophene rings is 1. The van der Waals surface area contributed by atoms with E-state index in [1.807, 2.05) is 0 Å². The molecule has 1 N–H and O–H groups in total. The molecule has 0 amide bonds. The Hall–Kier alpha value is -0.640. The second-order valence-electron chi connectivity index (χ2n) is 4.86. The molecule has 2 aromatic rings. The summed E-state index contributed by atoms with van der Waals surface area (Å²) in [4.78, 5) is 1.38. The predicted molar refractivity (Wildman–Crippen MR) is 88.2 cm³/mol. The van der Waals surface area contributed by atoms with E-state index < -0.39 is 0 Å². The zero-order chi connectivity index (χ0) is 14.0. The van der Waals surface area contributed by atoms with Gasteiger partial charge in [0.1, 0.15) is 0 Å². The Balaban J connectivity index is 2.54. The minimum atomic E-state index is 0.286. The lowest BCUT2D eigenvalue weighted by molar-refractivity contribution is 0.624. The number of hydrogen-bond acceptors (Lipinski definition) is 2. The molecule has 0 aliphatic rings. The lowest BCUT2D eigenvalue weighted by Crippen LogP contribution is -2.23. The van der Waals surface area contributed by atoms with Crippen molar-refractivity contribution >= 4 is 27.3 Å². The number of nitrogens with one attached hydrogen (secondary N) is 1. The molecule has 0 saturated carbocycles. The molecule has 0 bridgehead atoms. The fraction of sp³-hybridized carbons (Fsp3) is 0.375. The van der Waals surface area contributed by atoms with Crippen LogP contribution in [-0.2, 0) is 0 Å². The molecule has 3 heteroatoms. The van der Waals surface area contributed by atoms with Crippen LogP contribution in [0.2, 0.25) is 0 Å². The van der Waals surface area contributed by atoms with E-state index in [1.165, 1.54) is 30.9 Å². The number of aryl methyl sites for hydroxylation is 3. The Kier molecular flexibility index (Phi) is 4.82. The number of hydrogen-bond donors (Lipinski definition) is 1. The summed E-state index contributed by atoms with van der Waals surface area (Å²) < 4.78 is 1.20. The van der Waals surface area contributed by atoms with Gasteiger partial charge in [0.15, 0.2) is 0 Å². The Morgan fingerprint density at radius 2 is 1.84 bits per heavy atom. The van der Waals surface area contributed by atoms with Crippen molar-refractivity contribution in [2.24, 2.45) is 0 Å². The normalized spacial score (nSPS) is 12.7. The molecular weight excluding hydrogens is 318 g/mol. The molecule has 0 aliphatic carbocycles. The molecule has 0 saturated heterocycles. The molecule has 1 aromatic carbocycles. The highest BCUT2D eigenvalue weighted by Crippen LogP contribution is 2.35. The molecule has 1 heterocycles. The van der Waals surface area contributed by atoms with Crippen molar-refractivity contribution in [2.75, 3.05) is 6.54 Å². The van der Waals surface area contributed by atoms with Gasteiger partial charge in [0.2, 0.25) is 0 Å². The summed E-state index contributed by atoms with van der Waals surface area (Å²) in [7, 11) is 0. The zero-order valence-corrected chi connectivity index (χ0v) is 14.3. The lowest BCUT2D eigenvalue weighted by Gasteiger charge is -2.22. The Morgan fingerprint density at radius 3 is 2.32 bits per heavy atom. The molecule has 19 heavy (non-hydrogen) atoms. The maximum atomic E-state index is 3.64. The van der Waals surface area contributed by atoms with Crippen LogP contribution in [0.1, 0.15) is 40.1 Å². The van der Waals surface area contributed by atoms with Gasteiger partial charge in [-0.05, 0) is 71.6 Å². The average molecular weight is 338 g/mol. The van der Waals surface area contributed by atoms with Crippen LogP contribution < -0.4 is 5.32 Å². The second kappa shape index (κ2) is 6.21. The van der Waals surface area contributed by atoms with Crippen LogP contribution in [0.3, 0.4) is 0 Å². The van der Waals surface area contributed by atoms with Crippen LogP contribution in [0.15, 0.2) is 28.1 Å². The lowest BCUT2D eigenvalue weighted by atomic mass is 9.91. The quantitative estimate of drug-likeness (QED) is 0.814. The summed E-state index contributed by atoms with van der Waals surface area (Å²) in [6.07, 6.45) is 0. The maximum Gasteiger partial charge on any atom is 0.0704 e. The van der Waals surface area contributed by atoms with E-state index in [-0.39, 0.29) is 6.04 Å². The molecule has 0 spiro atoms. The summed E-state index contributed by atoms with van der Waals surface area (Å²) in [5, 5.41) is 3.64. The average Bonchev–Trinajstić information content (AvgIpc) is 2.67. The first kappa shape index (κ1) is 14.8. The standard InChI is InChI=1S/C16H20BrNS/c1-5-18-16(13-9-14(17)19-12(13)4)15-10(2)7-6-8-11(15)3/h6-9,16,18H,5H2,1-4H3. The van der Waals surface area contributed by atoms with Gasteiger partial charge in [-0.1, -0.05) is 25.1 Å². The highest BCUT2D eigenvalue weighted by Gasteiger charge is 2.20. The summed E-state index contributed by atoms with van der Waals surface area (Å²) in [6.45, 7) is 9.72. The molecule has 102 valence electrons.